The van der Waals surface area contributed by atoms with Gasteiger partial charge in [-0.2, -0.15) is 0 Å². The normalized spacial score (nSPS) is 30.5. The van der Waals surface area contributed by atoms with Crippen LogP contribution in [0.4, 0.5) is 0 Å². The van der Waals surface area contributed by atoms with Gasteiger partial charge in [0.2, 0.25) is 0 Å². The molecule has 2 nitrogen and oxygen atoms in total. The van der Waals surface area contributed by atoms with Crippen LogP contribution in [0.15, 0.2) is 0 Å². The number of rotatable bonds is 1. The molecule has 0 bridgehead atoms. The smallest absolute Gasteiger partial charge is 0.133 e. The molecule has 0 aromatic rings. The zero-order valence-electron chi connectivity index (χ0n) is 6.68. The molecule has 11 heavy (non-hydrogen) atoms. The quantitative estimate of drug-likeness (QED) is 0.617. The molecule has 62 valence electrons. The van der Waals surface area contributed by atoms with Crippen LogP contribution < -0.4 is 0 Å². The molecule has 0 spiro atoms. The van der Waals surface area contributed by atoms with Gasteiger partial charge in [-0.3, -0.25) is 4.79 Å². The molecule has 0 aliphatic heterocycles. The van der Waals surface area contributed by atoms with Crippen molar-refractivity contribution < 1.29 is 9.90 Å². The Morgan fingerprint density at radius 2 is 1.82 bits per heavy atom. The third kappa shape index (κ3) is 1.32. The fourth-order valence-corrected chi connectivity index (χ4v) is 1.99. The summed E-state index contributed by atoms with van der Waals surface area (Å²) in [5.74, 6) is 0.853. The molecule has 0 atom stereocenters. The van der Waals surface area contributed by atoms with E-state index in [-0.39, 0.29) is 0 Å². The van der Waals surface area contributed by atoms with Gasteiger partial charge in [-0.25, -0.2) is 0 Å². The van der Waals surface area contributed by atoms with Crippen LogP contribution in [0.1, 0.15) is 38.5 Å². The van der Waals surface area contributed by atoms with E-state index < -0.39 is 5.60 Å². The molecule has 1 N–H and O–H groups in total. The molecular formula is C9H14O2. The molecule has 2 aliphatic carbocycles. The number of hydrogen-bond acceptors (Lipinski definition) is 2. The first kappa shape index (κ1) is 7.29. The van der Waals surface area contributed by atoms with Crippen molar-refractivity contribution >= 4 is 5.78 Å². The summed E-state index contributed by atoms with van der Waals surface area (Å²) in [5, 5.41) is 9.98. The summed E-state index contributed by atoms with van der Waals surface area (Å²) in [6, 6.07) is 0. The molecular weight excluding hydrogens is 140 g/mol. The minimum absolute atomic E-state index is 0.329. The van der Waals surface area contributed by atoms with E-state index in [1.165, 1.54) is 12.8 Å². The number of carbonyl (C=O) groups excluding carboxylic acids is 1. The van der Waals surface area contributed by atoms with E-state index in [1.807, 2.05) is 0 Å². The van der Waals surface area contributed by atoms with Crippen LogP contribution in [-0.4, -0.2) is 16.5 Å². The van der Waals surface area contributed by atoms with E-state index in [1.54, 1.807) is 0 Å². The molecule has 0 unspecified atom stereocenters. The van der Waals surface area contributed by atoms with E-state index >= 15 is 0 Å². The molecule has 0 aromatic carbocycles. The number of hydrogen-bond donors (Lipinski definition) is 1. The Morgan fingerprint density at radius 1 is 1.27 bits per heavy atom. The zero-order valence-corrected chi connectivity index (χ0v) is 6.68. The highest BCUT2D eigenvalue weighted by molar-refractivity contribution is 5.79. The topological polar surface area (TPSA) is 37.3 Å². The van der Waals surface area contributed by atoms with E-state index in [2.05, 4.69) is 0 Å². The van der Waals surface area contributed by atoms with Crippen LogP contribution in [0.25, 0.3) is 0 Å². The highest BCUT2D eigenvalue weighted by atomic mass is 16.3. The Morgan fingerprint density at radius 3 is 2.27 bits per heavy atom. The fourth-order valence-electron chi connectivity index (χ4n) is 1.99. The van der Waals surface area contributed by atoms with E-state index in [9.17, 15) is 9.90 Å². The Hall–Kier alpha value is -0.370. The molecule has 2 saturated carbocycles. The summed E-state index contributed by atoms with van der Waals surface area (Å²) in [4.78, 5) is 10.9. The third-order valence-corrected chi connectivity index (χ3v) is 3.01. The van der Waals surface area contributed by atoms with Crippen LogP contribution in [0.2, 0.25) is 0 Å². The van der Waals surface area contributed by atoms with Crippen molar-refractivity contribution in [1.29, 1.82) is 0 Å². The monoisotopic (exact) mass is 154 g/mol. The van der Waals surface area contributed by atoms with Crippen LogP contribution in [0.3, 0.4) is 0 Å². The standard InChI is InChI=1S/C9H14O2/c10-8-3-5-9(11,6-4-8)7-1-2-7/h7,11H,1-6H2. The summed E-state index contributed by atoms with van der Waals surface area (Å²) in [6.07, 6.45) is 4.99. The molecule has 0 radical (unpaired) electrons. The van der Waals surface area contributed by atoms with E-state index in [0.29, 0.717) is 24.5 Å². The molecule has 2 fully saturated rings. The van der Waals surface area contributed by atoms with Gasteiger partial charge in [-0.15, -0.1) is 0 Å². The van der Waals surface area contributed by atoms with Gasteiger partial charge >= 0.3 is 0 Å². The molecule has 0 aromatic heterocycles. The number of aliphatic hydroxyl groups is 1. The second-order valence-electron chi connectivity index (χ2n) is 3.92. The lowest BCUT2D eigenvalue weighted by atomic mass is 9.81. The van der Waals surface area contributed by atoms with Crippen molar-refractivity contribution in [2.45, 2.75) is 44.1 Å². The third-order valence-electron chi connectivity index (χ3n) is 3.01. The number of carbonyl (C=O) groups is 1. The summed E-state index contributed by atoms with van der Waals surface area (Å²) < 4.78 is 0. The zero-order chi connectivity index (χ0) is 7.90. The SMILES string of the molecule is O=C1CCC(O)(C2CC2)CC1. The van der Waals surface area contributed by atoms with Gasteiger partial charge in [0.15, 0.2) is 0 Å². The molecule has 2 heteroatoms. The summed E-state index contributed by atoms with van der Waals surface area (Å²) in [5.41, 5.74) is -0.450. The maximum Gasteiger partial charge on any atom is 0.133 e. The van der Waals surface area contributed by atoms with Gasteiger partial charge in [0.1, 0.15) is 5.78 Å². The molecule has 0 saturated heterocycles. The average Bonchev–Trinajstić information content (AvgIpc) is 2.77. The average molecular weight is 154 g/mol. The fraction of sp³-hybridized carbons (Fsp3) is 0.889. The maximum atomic E-state index is 10.9. The van der Waals surface area contributed by atoms with E-state index in [4.69, 9.17) is 0 Å². The predicted octanol–water partition coefficient (Wildman–Crippen LogP) is 1.27. The van der Waals surface area contributed by atoms with Crippen molar-refractivity contribution in [3.63, 3.8) is 0 Å². The highest BCUT2D eigenvalue weighted by Gasteiger charge is 2.45. The second kappa shape index (κ2) is 2.31. The maximum absolute atomic E-state index is 10.9. The van der Waals surface area contributed by atoms with Gasteiger partial charge in [0.25, 0.3) is 0 Å². The van der Waals surface area contributed by atoms with Gasteiger partial charge < -0.3 is 5.11 Å². The van der Waals surface area contributed by atoms with Gasteiger partial charge in [0.05, 0.1) is 5.60 Å². The Labute approximate surface area is 66.6 Å². The number of ketones is 1. The second-order valence-corrected chi connectivity index (χ2v) is 3.92. The predicted molar refractivity (Wildman–Crippen MR) is 41.1 cm³/mol. The summed E-state index contributed by atoms with van der Waals surface area (Å²) in [7, 11) is 0. The summed E-state index contributed by atoms with van der Waals surface area (Å²) in [6.45, 7) is 0. The lowest BCUT2D eigenvalue weighted by molar-refractivity contribution is -0.126. The minimum Gasteiger partial charge on any atom is -0.390 e. The van der Waals surface area contributed by atoms with Gasteiger partial charge in [-0.05, 0) is 31.6 Å². The van der Waals surface area contributed by atoms with Crippen LogP contribution in [0, 0.1) is 5.92 Å². The lowest BCUT2D eigenvalue weighted by Crippen LogP contribution is -2.36. The highest BCUT2D eigenvalue weighted by Crippen LogP contribution is 2.46. The minimum atomic E-state index is -0.450. The van der Waals surface area contributed by atoms with Crippen molar-refractivity contribution in [3.05, 3.63) is 0 Å². The largest absolute Gasteiger partial charge is 0.390 e. The van der Waals surface area contributed by atoms with Crippen LogP contribution >= 0.6 is 0 Å². The summed E-state index contributed by atoms with van der Waals surface area (Å²) >= 11 is 0. The van der Waals surface area contributed by atoms with Crippen LogP contribution in [0.5, 0.6) is 0 Å². The molecule has 2 rings (SSSR count). The first-order valence-electron chi connectivity index (χ1n) is 4.45. The Balaban J connectivity index is 1.98. The van der Waals surface area contributed by atoms with Crippen molar-refractivity contribution in [1.82, 2.24) is 0 Å². The van der Waals surface area contributed by atoms with Crippen molar-refractivity contribution in [2.24, 2.45) is 5.92 Å². The molecule has 2 aliphatic rings. The van der Waals surface area contributed by atoms with Crippen LogP contribution in [-0.2, 0) is 4.79 Å². The molecule has 0 heterocycles. The first-order valence-corrected chi connectivity index (χ1v) is 4.45. The van der Waals surface area contributed by atoms with Crippen molar-refractivity contribution in [2.75, 3.05) is 0 Å². The van der Waals surface area contributed by atoms with E-state index in [0.717, 1.165) is 12.8 Å². The number of Topliss-reactive ketones (excluding diaryl/α,β-unsaturated/α-hetero) is 1. The van der Waals surface area contributed by atoms with Crippen molar-refractivity contribution in [3.8, 4) is 0 Å². The Kier molecular flexibility index (Phi) is 1.53. The molecule has 0 amide bonds. The van der Waals surface area contributed by atoms with Gasteiger partial charge in [-0.1, -0.05) is 0 Å². The Bertz CT molecular complexity index is 172. The van der Waals surface area contributed by atoms with Gasteiger partial charge in [0, 0.05) is 12.8 Å². The first-order chi connectivity index (χ1) is 5.21. The lowest BCUT2D eigenvalue weighted by Gasteiger charge is -2.31.